The summed E-state index contributed by atoms with van der Waals surface area (Å²) in [5.74, 6) is -1.52. The van der Waals surface area contributed by atoms with Crippen LogP contribution in [0.5, 0.6) is 0 Å². The number of halogens is 1. The molecule has 3 N–H and O–H groups in total. The molecule has 0 aliphatic heterocycles. The van der Waals surface area contributed by atoms with E-state index in [9.17, 15) is 9.59 Å². The summed E-state index contributed by atoms with van der Waals surface area (Å²) in [5.41, 5.74) is 6.13. The van der Waals surface area contributed by atoms with Gasteiger partial charge < -0.3 is 15.7 Å². The van der Waals surface area contributed by atoms with Crippen LogP contribution in [0.1, 0.15) is 30.6 Å². The molecule has 1 amide bonds. The molecule has 19 heavy (non-hydrogen) atoms. The van der Waals surface area contributed by atoms with Gasteiger partial charge in [-0.15, -0.1) is 0 Å². The highest BCUT2D eigenvalue weighted by Crippen LogP contribution is 2.28. The van der Waals surface area contributed by atoms with Gasteiger partial charge in [-0.2, -0.15) is 0 Å². The molecule has 0 spiro atoms. The van der Waals surface area contributed by atoms with Crippen molar-refractivity contribution in [2.75, 3.05) is 11.4 Å². The van der Waals surface area contributed by atoms with Gasteiger partial charge in [0.2, 0.25) is 0 Å². The summed E-state index contributed by atoms with van der Waals surface area (Å²) in [5, 5.41) is 9.05. The van der Waals surface area contributed by atoms with E-state index in [-0.39, 0.29) is 29.6 Å². The predicted molar refractivity (Wildman–Crippen MR) is 74.7 cm³/mol. The second kappa shape index (κ2) is 6.43. The van der Waals surface area contributed by atoms with Gasteiger partial charge in [-0.3, -0.25) is 9.59 Å². The van der Waals surface area contributed by atoms with E-state index in [0.29, 0.717) is 5.69 Å². The maximum absolute atomic E-state index is 11.5. The Labute approximate surface area is 117 Å². The molecule has 1 aromatic rings. The zero-order valence-electron chi connectivity index (χ0n) is 10.9. The molecule has 0 atom stereocenters. The van der Waals surface area contributed by atoms with E-state index in [1.54, 1.807) is 23.1 Å². The number of hydrogen-bond acceptors (Lipinski definition) is 3. The number of benzene rings is 1. The lowest BCUT2D eigenvalue weighted by Crippen LogP contribution is -2.34. The third-order valence-electron chi connectivity index (χ3n) is 2.74. The van der Waals surface area contributed by atoms with Crippen molar-refractivity contribution in [3.05, 3.63) is 28.8 Å². The fraction of sp³-hybridized carbons (Fsp3) is 0.385. The van der Waals surface area contributed by atoms with Crippen molar-refractivity contribution in [3.63, 3.8) is 0 Å². The molecule has 0 unspecified atom stereocenters. The minimum atomic E-state index is -0.895. The summed E-state index contributed by atoms with van der Waals surface area (Å²) in [6.07, 6.45) is -0.0249. The van der Waals surface area contributed by atoms with Crippen molar-refractivity contribution in [3.8, 4) is 0 Å². The number of carboxylic acids is 1. The van der Waals surface area contributed by atoms with E-state index < -0.39 is 11.9 Å². The number of anilines is 1. The summed E-state index contributed by atoms with van der Waals surface area (Å²) in [6.45, 7) is 4.11. The monoisotopic (exact) mass is 284 g/mol. The number of nitrogens with two attached hydrogens (primary N) is 1. The first-order valence-corrected chi connectivity index (χ1v) is 6.29. The van der Waals surface area contributed by atoms with Crippen LogP contribution in [0.15, 0.2) is 18.2 Å². The van der Waals surface area contributed by atoms with Gasteiger partial charge in [-0.25, -0.2) is 0 Å². The van der Waals surface area contributed by atoms with E-state index in [1.807, 2.05) is 13.8 Å². The van der Waals surface area contributed by atoms with E-state index in [1.165, 1.54) is 0 Å². The predicted octanol–water partition coefficient (Wildman–Crippen LogP) is 2.13. The van der Waals surface area contributed by atoms with Crippen LogP contribution in [-0.4, -0.2) is 29.6 Å². The van der Waals surface area contributed by atoms with E-state index in [0.717, 1.165) is 0 Å². The number of rotatable bonds is 6. The Morgan fingerprint density at radius 3 is 2.53 bits per heavy atom. The minimum Gasteiger partial charge on any atom is -0.481 e. The van der Waals surface area contributed by atoms with Gasteiger partial charge >= 0.3 is 5.97 Å². The SMILES string of the molecule is CC(C)N(CCC(=O)O)c1cccc(Cl)c1C(N)=O. The Hall–Kier alpha value is -1.75. The van der Waals surface area contributed by atoms with Crippen LogP contribution in [0, 0.1) is 0 Å². The van der Waals surface area contributed by atoms with Crippen molar-refractivity contribution in [2.45, 2.75) is 26.3 Å². The minimum absolute atomic E-state index is 0.0240. The van der Waals surface area contributed by atoms with Crippen molar-refractivity contribution in [2.24, 2.45) is 5.73 Å². The maximum Gasteiger partial charge on any atom is 0.305 e. The fourth-order valence-electron chi connectivity index (χ4n) is 1.87. The number of amides is 1. The molecule has 5 nitrogen and oxygen atoms in total. The van der Waals surface area contributed by atoms with E-state index in [4.69, 9.17) is 22.4 Å². The maximum atomic E-state index is 11.5. The van der Waals surface area contributed by atoms with Gasteiger partial charge in [0.15, 0.2) is 0 Å². The molecule has 6 heteroatoms. The van der Waals surface area contributed by atoms with Gasteiger partial charge in [0.25, 0.3) is 5.91 Å². The van der Waals surface area contributed by atoms with Crippen LogP contribution in [0.4, 0.5) is 5.69 Å². The summed E-state index contributed by atoms with van der Waals surface area (Å²) >= 11 is 5.99. The van der Waals surface area contributed by atoms with E-state index in [2.05, 4.69) is 0 Å². The van der Waals surface area contributed by atoms with Crippen molar-refractivity contribution in [1.29, 1.82) is 0 Å². The first-order chi connectivity index (χ1) is 8.84. The molecule has 0 aliphatic carbocycles. The highest BCUT2D eigenvalue weighted by Gasteiger charge is 2.20. The van der Waals surface area contributed by atoms with Gasteiger partial charge in [-0.05, 0) is 26.0 Å². The highest BCUT2D eigenvalue weighted by molar-refractivity contribution is 6.34. The lowest BCUT2D eigenvalue weighted by molar-refractivity contribution is -0.136. The second-order valence-corrected chi connectivity index (χ2v) is 4.84. The summed E-state index contributed by atoms with van der Waals surface area (Å²) < 4.78 is 0. The highest BCUT2D eigenvalue weighted by atomic mass is 35.5. The smallest absolute Gasteiger partial charge is 0.305 e. The molecule has 0 saturated carbocycles. The van der Waals surface area contributed by atoms with Crippen LogP contribution in [0.2, 0.25) is 5.02 Å². The van der Waals surface area contributed by atoms with Crippen LogP contribution in [-0.2, 0) is 4.79 Å². The Kier molecular flexibility index (Phi) is 5.18. The number of nitrogens with zero attached hydrogens (tertiary/aromatic N) is 1. The van der Waals surface area contributed by atoms with Crippen LogP contribution in [0.3, 0.4) is 0 Å². The molecule has 0 radical (unpaired) electrons. The molecular weight excluding hydrogens is 268 g/mol. The van der Waals surface area contributed by atoms with Crippen molar-refractivity contribution in [1.82, 2.24) is 0 Å². The van der Waals surface area contributed by atoms with Crippen molar-refractivity contribution >= 4 is 29.2 Å². The third kappa shape index (κ3) is 3.86. The molecule has 0 heterocycles. The van der Waals surface area contributed by atoms with Crippen LogP contribution < -0.4 is 10.6 Å². The molecular formula is C13H17ClN2O3. The number of carboxylic acid groups (broad SMARTS) is 1. The van der Waals surface area contributed by atoms with Crippen LogP contribution in [0.25, 0.3) is 0 Å². The van der Waals surface area contributed by atoms with Gasteiger partial charge in [0, 0.05) is 12.6 Å². The molecule has 1 rings (SSSR count). The lowest BCUT2D eigenvalue weighted by atomic mass is 10.1. The third-order valence-corrected chi connectivity index (χ3v) is 3.05. The lowest BCUT2D eigenvalue weighted by Gasteiger charge is -2.30. The molecule has 0 fully saturated rings. The summed E-state index contributed by atoms with van der Waals surface area (Å²) in [4.78, 5) is 24.0. The molecule has 0 bridgehead atoms. The Balaban J connectivity index is 3.19. The first-order valence-electron chi connectivity index (χ1n) is 5.91. The summed E-state index contributed by atoms with van der Waals surface area (Å²) in [6, 6.07) is 5.03. The topological polar surface area (TPSA) is 83.6 Å². The van der Waals surface area contributed by atoms with Gasteiger partial charge in [-0.1, -0.05) is 17.7 Å². The number of hydrogen-bond donors (Lipinski definition) is 2. The average molecular weight is 285 g/mol. The van der Waals surface area contributed by atoms with Gasteiger partial charge in [0.1, 0.15) is 0 Å². The number of carbonyl (C=O) groups is 2. The normalized spacial score (nSPS) is 10.5. The fourth-order valence-corrected chi connectivity index (χ4v) is 2.13. The zero-order valence-corrected chi connectivity index (χ0v) is 11.6. The van der Waals surface area contributed by atoms with Crippen LogP contribution >= 0.6 is 11.6 Å². The zero-order chi connectivity index (χ0) is 14.6. The molecule has 104 valence electrons. The number of primary amides is 1. The Bertz CT molecular complexity index is 489. The number of aliphatic carboxylic acids is 1. The second-order valence-electron chi connectivity index (χ2n) is 4.43. The average Bonchev–Trinajstić information content (AvgIpc) is 2.27. The number of carbonyl (C=O) groups excluding carboxylic acids is 1. The molecule has 0 saturated heterocycles. The first kappa shape index (κ1) is 15.3. The standard InChI is InChI=1S/C13H17ClN2O3/c1-8(2)16(7-6-11(17)18)10-5-3-4-9(14)12(10)13(15)19/h3-5,8H,6-7H2,1-2H3,(H2,15,19)(H,17,18). The Morgan fingerprint density at radius 2 is 2.05 bits per heavy atom. The molecule has 0 aromatic heterocycles. The quantitative estimate of drug-likeness (QED) is 0.838. The van der Waals surface area contributed by atoms with E-state index >= 15 is 0 Å². The Morgan fingerprint density at radius 1 is 1.42 bits per heavy atom. The van der Waals surface area contributed by atoms with Gasteiger partial charge in [0.05, 0.1) is 22.7 Å². The summed E-state index contributed by atoms with van der Waals surface area (Å²) in [7, 11) is 0. The molecule has 1 aromatic carbocycles. The largest absolute Gasteiger partial charge is 0.481 e. The molecule has 0 aliphatic rings. The van der Waals surface area contributed by atoms with Crippen molar-refractivity contribution < 1.29 is 14.7 Å².